The Balaban J connectivity index is 1.31. The highest BCUT2D eigenvalue weighted by molar-refractivity contribution is 7.20. The molecule has 0 aliphatic carbocycles. The molecule has 10 rings (SSSR count). The smallest absolute Gasteiger partial charge is 0.208 e. The number of rotatable bonds is 1. The van der Waals surface area contributed by atoms with Gasteiger partial charge in [-0.3, -0.25) is 4.57 Å². The normalized spacial score (nSPS) is 14.9. The molecule has 206 valence electrons. The summed E-state index contributed by atoms with van der Waals surface area (Å²) in [5, 5.41) is 15.0. The molecule has 3 nitrogen and oxygen atoms in total. The highest BCUT2D eigenvalue weighted by Crippen LogP contribution is 2.47. The predicted octanol–water partition coefficient (Wildman–Crippen LogP) is 10.9. The molecule has 0 radical (unpaired) electrons. The van der Waals surface area contributed by atoms with Gasteiger partial charge in [0.15, 0.2) is 0 Å². The van der Waals surface area contributed by atoms with E-state index in [1.165, 1.54) is 63.6 Å². The molecule has 0 spiro atoms. The zero-order valence-electron chi connectivity index (χ0n) is 23.7. The summed E-state index contributed by atoms with van der Waals surface area (Å²) in [5.74, 6) is 0.852. The van der Waals surface area contributed by atoms with Crippen molar-refractivity contribution in [3.05, 3.63) is 150 Å². The van der Waals surface area contributed by atoms with Crippen LogP contribution in [0, 0.1) is 0 Å². The molecule has 0 saturated heterocycles. The Kier molecular flexibility index (Phi) is 4.93. The van der Waals surface area contributed by atoms with Crippen LogP contribution in [0.2, 0.25) is 0 Å². The summed E-state index contributed by atoms with van der Waals surface area (Å²) in [4.78, 5) is 6.83. The van der Waals surface area contributed by atoms with Crippen molar-refractivity contribution in [2.45, 2.75) is 6.04 Å². The molecule has 0 amide bonds. The maximum Gasteiger partial charge on any atom is 0.208 e. The van der Waals surface area contributed by atoms with Crippen LogP contribution in [0.1, 0.15) is 16.5 Å². The van der Waals surface area contributed by atoms with E-state index in [0.717, 1.165) is 22.7 Å². The first-order chi connectivity index (χ1) is 21.8. The molecule has 0 fully saturated rings. The maximum absolute atomic E-state index is 5.58. The first-order valence-corrected chi connectivity index (χ1v) is 15.8. The van der Waals surface area contributed by atoms with Gasteiger partial charge in [-0.1, -0.05) is 109 Å². The summed E-state index contributed by atoms with van der Waals surface area (Å²) in [6.07, 6.45) is 0. The Morgan fingerprint density at radius 3 is 2.05 bits per heavy atom. The van der Waals surface area contributed by atoms with Crippen molar-refractivity contribution in [1.29, 1.82) is 0 Å². The fourth-order valence-corrected chi connectivity index (χ4v) is 8.36. The van der Waals surface area contributed by atoms with Crippen molar-refractivity contribution >= 4 is 87.2 Å². The number of thiophene rings is 1. The van der Waals surface area contributed by atoms with Crippen LogP contribution < -0.4 is 5.32 Å². The number of aliphatic imine (C=N–C) groups is 1. The SMILES string of the molecule is c1ccc2cc(C3N=C(n4c5cc6ccccc6cc5c5c6ccccc6ccc54)Nc4c3sc3ccccc43)ccc2c1. The third kappa shape index (κ3) is 3.40. The van der Waals surface area contributed by atoms with Gasteiger partial charge in [-0.25, -0.2) is 4.99 Å². The Hall–Kier alpha value is -5.45. The maximum atomic E-state index is 5.58. The largest absolute Gasteiger partial charge is 0.324 e. The van der Waals surface area contributed by atoms with Crippen LogP contribution in [-0.4, -0.2) is 10.5 Å². The van der Waals surface area contributed by atoms with E-state index in [1.807, 2.05) is 11.3 Å². The predicted molar refractivity (Wildman–Crippen MR) is 189 cm³/mol. The summed E-state index contributed by atoms with van der Waals surface area (Å²) < 4.78 is 3.62. The van der Waals surface area contributed by atoms with E-state index in [9.17, 15) is 0 Å². The molecule has 44 heavy (non-hydrogen) atoms. The van der Waals surface area contributed by atoms with E-state index in [1.54, 1.807) is 0 Å². The van der Waals surface area contributed by atoms with Crippen LogP contribution in [-0.2, 0) is 0 Å². The lowest BCUT2D eigenvalue weighted by Crippen LogP contribution is -2.26. The number of benzene rings is 7. The minimum atomic E-state index is -0.128. The van der Waals surface area contributed by atoms with Gasteiger partial charge in [0.1, 0.15) is 6.04 Å². The van der Waals surface area contributed by atoms with Crippen LogP contribution in [0.4, 0.5) is 5.69 Å². The van der Waals surface area contributed by atoms with Crippen molar-refractivity contribution in [3.63, 3.8) is 0 Å². The van der Waals surface area contributed by atoms with Gasteiger partial charge in [-0.05, 0) is 68.2 Å². The van der Waals surface area contributed by atoms with Gasteiger partial charge in [-0.2, -0.15) is 0 Å². The van der Waals surface area contributed by atoms with Gasteiger partial charge in [0.2, 0.25) is 5.96 Å². The molecule has 7 aromatic carbocycles. The van der Waals surface area contributed by atoms with Crippen LogP contribution >= 0.6 is 11.3 Å². The summed E-state index contributed by atoms with van der Waals surface area (Å²) >= 11 is 1.84. The number of nitrogens with zero attached hydrogens (tertiary/aromatic N) is 2. The summed E-state index contributed by atoms with van der Waals surface area (Å²) in [6.45, 7) is 0. The van der Waals surface area contributed by atoms with Gasteiger partial charge in [0, 0.05) is 20.9 Å². The minimum Gasteiger partial charge on any atom is -0.324 e. The van der Waals surface area contributed by atoms with Crippen LogP contribution in [0.25, 0.3) is 64.2 Å². The number of hydrogen-bond donors (Lipinski definition) is 1. The van der Waals surface area contributed by atoms with Gasteiger partial charge < -0.3 is 5.32 Å². The molecule has 1 aliphatic rings. The Morgan fingerprint density at radius 2 is 1.20 bits per heavy atom. The fraction of sp³-hybridized carbons (Fsp3) is 0.0250. The highest BCUT2D eigenvalue weighted by Gasteiger charge is 2.30. The number of hydrogen-bond acceptors (Lipinski definition) is 3. The van der Waals surface area contributed by atoms with Crippen molar-refractivity contribution in [2.24, 2.45) is 4.99 Å². The lowest BCUT2D eigenvalue weighted by Gasteiger charge is -2.25. The molecule has 4 heteroatoms. The lowest BCUT2D eigenvalue weighted by atomic mass is 9.99. The quantitative estimate of drug-likeness (QED) is 0.206. The fourth-order valence-electron chi connectivity index (χ4n) is 7.13. The van der Waals surface area contributed by atoms with Gasteiger partial charge >= 0.3 is 0 Å². The topological polar surface area (TPSA) is 29.3 Å². The molecule has 2 aromatic heterocycles. The van der Waals surface area contributed by atoms with Crippen LogP contribution in [0.5, 0.6) is 0 Å². The Morgan fingerprint density at radius 1 is 0.545 bits per heavy atom. The molecule has 0 saturated carbocycles. The molecular formula is C40H25N3S. The van der Waals surface area contributed by atoms with Crippen molar-refractivity contribution in [1.82, 2.24) is 4.57 Å². The van der Waals surface area contributed by atoms with E-state index in [2.05, 4.69) is 149 Å². The number of anilines is 1. The van der Waals surface area contributed by atoms with Gasteiger partial charge in [0.25, 0.3) is 0 Å². The van der Waals surface area contributed by atoms with E-state index in [4.69, 9.17) is 4.99 Å². The van der Waals surface area contributed by atoms with Gasteiger partial charge in [0.05, 0.1) is 21.6 Å². The summed E-state index contributed by atoms with van der Waals surface area (Å²) in [6, 6.07) is 50.5. The van der Waals surface area contributed by atoms with E-state index in [-0.39, 0.29) is 6.04 Å². The first-order valence-electron chi connectivity index (χ1n) is 15.0. The molecule has 1 N–H and O–H groups in total. The molecule has 3 heterocycles. The van der Waals surface area contributed by atoms with Crippen molar-refractivity contribution in [2.75, 3.05) is 5.32 Å². The van der Waals surface area contributed by atoms with Crippen LogP contribution in [0.3, 0.4) is 0 Å². The van der Waals surface area contributed by atoms with E-state index >= 15 is 0 Å². The Labute approximate surface area is 257 Å². The molecule has 1 aliphatic heterocycles. The average Bonchev–Trinajstić information content (AvgIpc) is 3.62. The van der Waals surface area contributed by atoms with E-state index in [0.29, 0.717) is 0 Å². The second-order valence-corrected chi connectivity index (χ2v) is 12.7. The molecule has 9 aromatic rings. The Bertz CT molecular complexity index is 2660. The van der Waals surface area contributed by atoms with Crippen molar-refractivity contribution in [3.8, 4) is 0 Å². The number of nitrogens with one attached hydrogen (secondary N) is 1. The van der Waals surface area contributed by atoms with Crippen molar-refractivity contribution < 1.29 is 0 Å². The van der Waals surface area contributed by atoms with E-state index < -0.39 is 0 Å². The third-order valence-corrected chi connectivity index (χ3v) is 10.4. The standard InChI is InChI=1S/C40H25N3S/c1-2-11-26-21-29(18-17-24(26)9-1)37-39-38(31-15-7-8-16-35(31)44-39)42-40(41-37)43-33-20-19-25-10-5-6-14-30(25)36(33)32-22-27-12-3-4-13-28(27)23-34(32)43/h1-23,37H,(H,41,42). The van der Waals surface area contributed by atoms with Gasteiger partial charge in [-0.15, -0.1) is 11.3 Å². The van der Waals surface area contributed by atoms with Crippen LogP contribution in [0.15, 0.2) is 145 Å². The monoisotopic (exact) mass is 579 g/mol. The molecular weight excluding hydrogens is 555 g/mol. The second-order valence-electron chi connectivity index (χ2n) is 11.7. The summed E-state index contributed by atoms with van der Waals surface area (Å²) in [5.41, 5.74) is 4.67. The first kappa shape index (κ1) is 24.0. The third-order valence-electron chi connectivity index (χ3n) is 9.18. The number of fused-ring (bicyclic) bond motifs is 10. The zero-order chi connectivity index (χ0) is 28.8. The summed E-state index contributed by atoms with van der Waals surface area (Å²) in [7, 11) is 0. The average molecular weight is 580 g/mol. The molecule has 1 atom stereocenters. The minimum absolute atomic E-state index is 0.128. The number of aromatic nitrogens is 1. The second kappa shape index (κ2) is 9.03. The zero-order valence-corrected chi connectivity index (χ0v) is 24.5. The highest BCUT2D eigenvalue weighted by atomic mass is 32.1. The molecule has 0 bridgehead atoms. The lowest BCUT2D eigenvalue weighted by molar-refractivity contribution is 0.874. The molecule has 1 unspecified atom stereocenters.